The molecule has 0 aliphatic carbocycles. The maximum atomic E-state index is 13.1. The Hall–Kier alpha value is -2.66. The lowest BCUT2D eigenvalue weighted by molar-refractivity contribution is -0.138. The van der Waals surface area contributed by atoms with Crippen LogP contribution in [0.3, 0.4) is 0 Å². The van der Waals surface area contributed by atoms with E-state index in [4.69, 9.17) is 0 Å². The van der Waals surface area contributed by atoms with Crippen LogP contribution in [-0.4, -0.2) is 66.8 Å². The molecule has 2 amide bonds. The summed E-state index contributed by atoms with van der Waals surface area (Å²) in [5, 5.41) is 0. The van der Waals surface area contributed by atoms with E-state index in [1.54, 1.807) is 19.0 Å². The molecule has 3 rings (SSSR count). The van der Waals surface area contributed by atoms with Crippen LogP contribution < -0.4 is 0 Å². The van der Waals surface area contributed by atoms with Gasteiger partial charge in [-0.15, -0.1) is 0 Å². The third-order valence-electron chi connectivity index (χ3n) is 5.68. The fourth-order valence-electron chi connectivity index (χ4n) is 3.80. The molecule has 2 aromatic carbocycles. The quantitative estimate of drug-likeness (QED) is 0.784. The molecule has 29 heavy (non-hydrogen) atoms. The third kappa shape index (κ3) is 4.85. The lowest BCUT2D eigenvalue weighted by Gasteiger charge is -2.39. The van der Waals surface area contributed by atoms with Crippen molar-refractivity contribution in [3.05, 3.63) is 71.3 Å². The Kier molecular flexibility index (Phi) is 6.38. The molecule has 0 atom stereocenters. The van der Waals surface area contributed by atoms with Crippen LogP contribution >= 0.6 is 0 Å². The average molecular weight is 394 g/mol. The van der Waals surface area contributed by atoms with E-state index in [9.17, 15) is 9.59 Å². The van der Waals surface area contributed by atoms with E-state index < -0.39 is 5.41 Å². The Labute approximate surface area is 173 Å². The van der Waals surface area contributed by atoms with E-state index in [2.05, 4.69) is 11.0 Å². The highest BCUT2D eigenvalue weighted by Crippen LogP contribution is 2.26. The van der Waals surface area contributed by atoms with E-state index in [0.29, 0.717) is 5.56 Å². The van der Waals surface area contributed by atoms with Crippen LogP contribution in [0.15, 0.2) is 54.6 Å². The zero-order chi connectivity index (χ0) is 21.0. The number of rotatable bonds is 5. The number of nitrogens with zero attached hydrogens (tertiary/aromatic N) is 3. The van der Waals surface area contributed by atoms with Crippen molar-refractivity contribution in [2.45, 2.75) is 25.8 Å². The SMILES string of the molecule is CN(C)C(=O)c1cccc(CN2CCN(C(=O)C(C)(C)c3ccccc3)CC2)c1. The molecule has 0 aromatic heterocycles. The molecule has 0 saturated carbocycles. The Morgan fingerprint density at radius 3 is 2.21 bits per heavy atom. The molecule has 1 aliphatic heterocycles. The molecule has 0 N–H and O–H groups in total. The summed E-state index contributed by atoms with van der Waals surface area (Å²) in [4.78, 5) is 31.2. The van der Waals surface area contributed by atoms with Crippen LogP contribution in [-0.2, 0) is 16.8 Å². The molecule has 1 saturated heterocycles. The summed E-state index contributed by atoms with van der Waals surface area (Å²) >= 11 is 0. The van der Waals surface area contributed by atoms with Gasteiger partial charge in [0.2, 0.25) is 5.91 Å². The normalized spacial score (nSPS) is 15.2. The van der Waals surface area contributed by atoms with Crippen LogP contribution in [0.4, 0.5) is 0 Å². The van der Waals surface area contributed by atoms with Gasteiger partial charge in [-0.1, -0.05) is 42.5 Å². The Balaban J connectivity index is 1.59. The highest BCUT2D eigenvalue weighted by Gasteiger charge is 2.35. The lowest BCUT2D eigenvalue weighted by Crippen LogP contribution is -2.52. The number of carbonyl (C=O) groups excluding carboxylic acids is 2. The van der Waals surface area contributed by atoms with Gasteiger partial charge in [0.25, 0.3) is 5.91 Å². The van der Waals surface area contributed by atoms with Crippen molar-refractivity contribution in [2.75, 3.05) is 40.3 Å². The Bertz CT molecular complexity index is 853. The van der Waals surface area contributed by atoms with E-state index >= 15 is 0 Å². The van der Waals surface area contributed by atoms with Crippen molar-refractivity contribution in [2.24, 2.45) is 0 Å². The highest BCUT2D eigenvalue weighted by atomic mass is 16.2. The van der Waals surface area contributed by atoms with E-state index in [0.717, 1.165) is 43.9 Å². The summed E-state index contributed by atoms with van der Waals surface area (Å²) < 4.78 is 0. The molecule has 1 aliphatic rings. The van der Waals surface area contributed by atoms with Crippen LogP contribution in [0.5, 0.6) is 0 Å². The van der Waals surface area contributed by atoms with E-state index in [1.807, 2.05) is 67.3 Å². The number of hydrogen-bond donors (Lipinski definition) is 0. The minimum absolute atomic E-state index is 0.0189. The molecular weight excluding hydrogens is 362 g/mol. The number of amides is 2. The van der Waals surface area contributed by atoms with E-state index in [1.165, 1.54) is 0 Å². The van der Waals surface area contributed by atoms with Gasteiger partial charge in [0.05, 0.1) is 5.41 Å². The first-order valence-corrected chi connectivity index (χ1v) is 10.2. The Morgan fingerprint density at radius 2 is 1.59 bits per heavy atom. The standard InChI is InChI=1S/C24H31N3O2/c1-24(2,21-11-6-5-7-12-21)23(29)27-15-13-26(14-16-27)18-19-9-8-10-20(17-19)22(28)25(3)4/h5-12,17H,13-16,18H2,1-4H3. The Morgan fingerprint density at radius 1 is 0.931 bits per heavy atom. The molecule has 2 aromatic rings. The van der Waals surface area contributed by atoms with Gasteiger partial charge < -0.3 is 9.80 Å². The van der Waals surface area contributed by atoms with Gasteiger partial charge in [-0.2, -0.15) is 0 Å². The van der Waals surface area contributed by atoms with Gasteiger partial charge in [0.15, 0.2) is 0 Å². The molecule has 0 unspecified atom stereocenters. The number of hydrogen-bond acceptors (Lipinski definition) is 3. The average Bonchev–Trinajstić information content (AvgIpc) is 2.74. The second-order valence-corrected chi connectivity index (χ2v) is 8.46. The zero-order valence-corrected chi connectivity index (χ0v) is 17.9. The minimum atomic E-state index is -0.524. The second-order valence-electron chi connectivity index (χ2n) is 8.46. The maximum Gasteiger partial charge on any atom is 0.253 e. The monoisotopic (exact) mass is 393 g/mol. The van der Waals surface area contributed by atoms with Crippen molar-refractivity contribution in [3.8, 4) is 0 Å². The van der Waals surface area contributed by atoms with Gasteiger partial charge in [-0.3, -0.25) is 14.5 Å². The third-order valence-corrected chi connectivity index (χ3v) is 5.68. The molecule has 5 heteroatoms. The van der Waals surface area contributed by atoms with Crippen molar-refractivity contribution in [1.82, 2.24) is 14.7 Å². The highest BCUT2D eigenvalue weighted by molar-refractivity contribution is 5.94. The van der Waals surface area contributed by atoms with Gasteiger partial charge >= 0.3 is 0 Å². The first-order valence-electron chi connectivity index (χ1n) is 10.2. The van der Waals surface area contributed by atoms with Crippen LogP contribution in [0.25, 0.3) is 0 Å². The molecule has 1 heterocycles. The molecule has 1 fully saturated rings. The largest absolute Gasteiger partial charge is 0.345 e. The summed E-state index contributed by atoms with van der Waals surface area (Å²) in [6.45, 7) is 7.93. The maximum absolute atomic E-state index is 13.1. The molecule has 0 bridgehead atoms. The first kappa shape index (κ1) is 21.1. The van der Waals surface area contributed by atoms with Gasteiger partial charge in [0, 0.05) is 52.4 Å². The van der Waals surface area contributed by atoms with E-state index in [-0.39, 0.29) is 11.8 Å². The summed E-state index contributed by atoms with van der Waals surface area (Å²) in [5.74, 6) is 0.201. The van der Waals surface area contributed by atoms with Crippen LogP contribution in [0.2, 0.25) is 0 Å². The summed E-state index contributed by atoms with van der Waals surface area (Å²) in [6, 6.07) is 17.8. The van der Waals surface area contributed by atoms with Crippen molar-refractivity contribution in [3.63, 3.8) is 0 Å². The molecule has 154 valence electrons. The second kappa shape index (κ2) is 8.78. The fraction of sp³-hybridized carbons (Fsp3) is 0.417. The predicted octanol–water partition coefficient (Wildman–Crippen LogP) is 3.01. The number of carbonyl (C=O) groups is 2. The number of piperazine rings is 1. The fourth-order valence-corrected chi connectivity index (χ4v) is 3.80. The van der Waals surface area contributed by atoms with Crippen molar-refractivity contribution in [1.29, 1.82) is 0 Å². The van der Waals surface area contributed by atoms with Gasteiger partial charge in [-0.25, -0.2) is 0 Å². The first-order chi connectivity index (χ1) is 13.8. The topological polar surface area (TPSA) is 43.9 Å². The summed E-state index contributed by atoms with van der Waals surface area (Å²) in [6.07, 6.45) is 0. The molecular formula is C24H31N3O2. The van der Waals surface area contributed by atoms with Gasteiger partial charge in [0.1, 0.15) is 0 Å². The summed E-state index contributed by atoms with van der Waals surface area (Å²) in [5.41, 5.74) is 2.37. The van der Waals surface area contributed by atoms with Crippen molar-refractivity contribution < 1.29 is 9.59 Å². The van der Waals surface area contributed by atoms with Gasteiger partial charge in [-0.05, 0) is 37.1 Å². The van der Waals surface area contributed by atoms with Crippen molar-refractivity contribution >= 4 is 11.8 Å². The molecule has 0 spiro atoms. The van der Waals surface area contributed by atoms with Crippen LogP contribution in [0, 0.1) is 0 Å². The van der Waals surface area contributed by atoms with Crippen LogP contribution in [0.1, 0.15) is 35.3 Å². The molecule has 5 nitrogen and oxygen atoms in total. The number of benzene rings is 2. The molecule has 0 radical (unpaired) electrons. The minimum Gasteiger partial charge on any atom is -0.345 e. The lowest BCUT2D eigenvalue weighted by atomic mass is 9.83. The smallest absolute Gasteiger partial charge is 0.253 e. The summed E-state index contributed by atoms with van der Waals surface area (Å²) in [7, 11) is 3.53. The zero-order valence-electron chi connectivity index (χ0n) is 17.9. The predicted molar refractivity (Wildman–Crippen MR) is 116 cm³/mol.